The van der Waals surface area contributed by atoms with Crippen molar-refractivity contribution in [2.24, 2.45) is 0 Å². The van der Waals surface area contributed by atoms with E-state index in [4.69, 9.17) is 9.97 Å². The molecule has 0 saturated heterocycles. The maximum absolute atomic E-state index is 5.07. The van der Waals surface area contributed by atoms with Crippen LogP contribution in [0.4, 0.5) is 0 Å². The van der Waals surface area contributed by atoms with Crippen LogP contribution < -0.4 is 0 Å². The molecule has 10 rings (SSSR count). The zero-order chi connectivity index (χ0) is 28.8. The summed E-state index contributed by atoms with van der Waals surface area (Å²) in [6.07, 6.45) is 1.93. The van der Waals surface area contributed by atoms with Gasteiger partial charge in [-0.15, -0.1) is 0 Å². The number of rotatable bonds is 2. The summed E-state index contributed by atoms with van der Waals surface area (Å²) in [7, 11) is 0. The number of benzene rings is 7. The van der Waals surface area contributed by atoms with Gasteiger partial charge in [-0.3, -0.25) is 4.57 Å². The fraction of sp³-hybridized carbons (Fsp3) is 0. The minimum atomic E-state index is 0.671. The second kappa shape index (κ2) is 8.76. The topological polar surface area (TPSA) is 35.6 Å². The third kappa shape index (κ3) is 3.17. The molecule has 0 aliphatic carbocycles. The Morgan fingerprint density at radius 2 is 1.02 bits per heavy atom. The minimum absolute atomic E-state index is 0.671. The van der Waals surface area contributed by atoms with Gasteiger partial charge in [0.1, 0.15) is 0 Å². The van der Waals surface area contributed by atoms with Crippen LogP contribution in [0.2, 0.25) is 0 Å². The molecule has 0 N–H and O–H groups in total. The number of nitrogens with zero attached hydrogens (tertiary/aromatic N) is 4. The molecular formula is C40H24N4. The first-order valence-electron chi connectivity index (χ1n) is 14.9. The van der Waals surface area contributed by atoms with Crippen molar-refractivity contribution in [3.05, 3.63) is 146 Å². The molecule has 0 radical (unpaired) electrons. The van der Waals surface area contributed by atoms with Crippen molar-refractivity contribution in [1.82, 2.24) is 19.1 Å². The fourth-order valence-electron chi connectivity index (χ4n) is 7.20. The highest BCUT2D eigenvalue weighted by Crippen LogP contribution is 2.42. The third-order valence-electron chi connectivity index (χ3n) is 9.11. The van der Waals surface area contributed by atoms with Gasteiger partial charge in [-0.1, -0.05) is 103 Å². The summed E-state index contributed by atoms with van der Waals surface area (Å²) in [6.45, 7) is 0. The molecule has 3 aromatic heterocycles. The highest BCUT2D eigenvalue weighted by Gasteiger charge is 2.21. The van der Waals surface area contributed by atoms with Gasteiger partial charge in [-0.2, -0.15) is 0 Å². The van der Waals surface area contributed by atoms with Gasteiger partial charge >= 0.3 is 0 Å². The van der Waals surface area contributed by atoms with Crippen LogP contribution in [0.25, 0.3) is 87.7 Å². The predicted octanol–water partition coefficient (Wildman–Crippen LogP) is 10.1. The first-order valence-corrected chi connectivity index (χ1v) is 14.9. The number of hydrogen-bond donors (Lipinski definition) is 0. The van der Waals surface area contributed by atoms with Crippen molar-refractivity contribution in [3.8, 4) is 11.6 Å². The summed E-state index contributed by atoms with van der Waals surface area (Å²) >= 11 is 0. The van der Waals surface area contributed by atoms with E-state index in [1.54, 1.807) is 0 Å². The smallest absolute Gasteiger partial charge is 0.235 e. The van der Waals surface area contributed by atoms with Crippen LogP contribution in [-0.4, -0.2) is 19.1 Å². The van der Waals surface area contributed by atoms with E-state index in [2.05, 4.69) is 137 Å². The lowest BCUT2D eigenvalue weighted by atomic mass is 10.0. The lowest BCUT2D eigenvalue weighted by molar-refractivity contribution is 1.01. The van der Waals surface area contributed by atoms with E-state index >= 15 is 0 Å². The van der Waals surface area contributed by atoms with Crippen molar-refractivity contribution >= 4 is 76.1 Å². The molecule has 0 saturated carbocycles. The van der Waals surface area contributed by atoms with Crippen LogP contribution in [0.5, 0.6) is 0 Å². The number of aromatic nitrogens is 4. The van der Waals surface area contributed by atoms with Crippen LogP contribution in [0, 0.1) is 0 Å². The van der Waals surface area contributed by atoms with Crippen LogP contribution in [0.1, 0.15) is 0 Å². The van der Waals surface area contributed by atoms with Crippen LogP contribution in [0.3, 0.4) is 0 Å². The second-order valence-corrected chi connectivity index (χ2v) is 11.5. The first kappa shape index (κ1) is 23.6. The first-order chi connectivity index (χ1) is 21.8. The van der Waals surface area contributed by atoms with Gasteiger partial charge in [0, 0.05) is 38.5 Å². The second-order valence-electron chi connectivity index (χ2n) is 11.5. The predicted molar refractivity (Wildman–Crippen MR) is 183 cm³/mol. The summed E-state index contributed by atoms with van der Waals surface area (Å²) in [5.74, 6) is 0.671. The van der Waals surface area contributed by atoms with E-state index in [-0.39, 0.29) is 0 Å². The van der Waals surface area contributed by atoms with Crippen molar-refractivity contribution in [2.45, 2.75) is 0 Å². The highest BCUT2D eigenvalue weighted by atomic mass is 15.2. The van der Waals surface area contributed by atoms with Gasteiger partial charge in [0.2, 0.25) is 5.95 Å². The van der Waals surface area contributed by atoms with E-state index in [0.29, 0.717) is 5.95 Å². The average molecular weight is 561 g/mol. The Kier molecular flexibility index (Phi) is 4.69. The maximum Gasteiger partial charge on any atom is 0.235 e. The van der Waals surface area contributed by atoms with Gasteiger partial charge in [-0.05, 0) is 52.6 Å². The maximum atomic E-state index is 5.07. The Labute approximate surface area is 252 Å². The zero-order valence-electron chi connectivity index (χ0n) is 23.6. The summed E-state index contributed by atoms with van der Waals surface area (Å²) in [5, 5.41) is 10.8. The van der Waals surface area contributed by atoms with E-state index in [0.717, 1.165) is 27.6 Å². The molecule has 3 heterocycles. The van der Waals surface area contributed by atoms with Crippen LogP contribution >= 0.6 is 0 Å². The van der Waals surface area contributed by atoms with Gasteiger partial charge < -0.3 is 4.57 Å². The normalized spacial score (nSPS) is 12.1. The van der Waals surface area contributed by atoms with Crippen molar-refractivity contribution in [3.63, 3.8) is 0 Å². The third-order valence-corrected chi connectivity index (χ3v) is 9.11. The monoisotopic (exact) mass is 560 g/mol. The Balaban J connectivity index is 1.41. The molecule has 4 heteroatoms. The summed E-state index contributed by atoms with van der Waals surface area (Å²) in [4.78, 5) is 9.97. The molecule has 0 fully saturated rings. The van der Waals surface area contributed by atoms with Crippen molar-refractivity contribution in [2.75, 3.05) is 0 Å². The Morgan fingerprint density at radius 1 is 0.409 bits per heavy atom. The number of hydrogen-bond acceptors (Lipinski definition) is 2. The summed E-state index contributed by atoms with van der Waals surface area (Å²) in [5.41, 5.74) is 6.62. The van der Waals surface area contributed by atoms with Gasteiger partial charge in [-0.25, -0.2) is 9.97 Å². The average Bonchev–Trinajstić information content (AvgIpc) is 3.59. The molecular weight excluding hydrogens is 536 g/mol. The summed E-state index contributed by atoms with van der Waals surface area (Å²) in [6, 6.07) is 50.0. The quantitative estimate of drug-likeness (QED) is 0.211. The largest absolute Gasteiger partial charge is 0.309 e. The van der Waals surface area contributed by atoms with Gasteiger partial charge in [0.25, 0.3) is 0 Å². The van der Waals surface area contributed by atoms with Crippen molar-refractivity contribution in [1.29, 1.82) is 0 Å². The Hall–Kier alpha value is -6.00. The lowest BCUT2D eigenvalue weighted by Crippen LogP contribution is -2.02. The Bertz CT molecular complexity index is 2780. The Morgan fingerprint density at radius 3 is 1.84 bits per heavy atom. The van der Waals surface area contributed by atoms with Crippen LogP contribution in [0.15, 0.2) is 146 Å². The number of para-hydroxylation sites is 3. The molecule has 4 nitrogen and oxygen atoms in total. The molecule has 0 bridgehead atoms. The fourth-order valence-corrected chi connectivity index (χ4v) is 7.20. The van der Waals surface area contributed by atoms with E-state index in [1.165, 1.54) is 54.1 Å². The van der Waals surface area contributed by atoms with E-state index < -0.39 is 0 Å². The standard InChI is InChI=1S/C40H24N4/c1-2-12-26-22-36-32(21-25(26)11-1)29-15-6-9-19-34(29)43(36)37-23-38-39(30-16-5-4-14-28(30)37)31-17-7-10-20-35(31)44(38)40-41-24-27-13-3-8-18-33(27)42-40/h1-24H. The molecule has 44 heavy (non-hydrogen) atoms. The van der Waals surface area contributed by atoms with Crippen LogP contribution in [-0.2, 0) is 0 Å². The molecule has 204 valence electrons. The number of fused-ring (bicyclic) bond motifs is 10. The van der Waals surface area contributed by atoms with Gasteiger partial charge in [0.05, 0.1) is 33.3 Å². The summed E-state index contributed by atoms with van der Waals surface area (Å²) < 4.78 is 4.68. The lowest BCUT2D eigenvalue weighted by Gasteiger charge is -2.14. The molecule has 0 atom stereocenters. The zero-order valence-corrected chi connectivity index (χ0v) is 23.6. The molecule has 10 aromatic rings. The molecule has 0 spiro atoms. The van der Waals surface area contributed by atoms with E-state index in [9.17, 15) is 0 Å². The molecule has 7 aromatic carbocycles. The minimum Gasteiger partial charge on any atom is -0.309 e. The highest BCUT2D eigenvalue weighted by molar-refractivity contribution is 6.24. The SMILES string of the molecule is c1ccc2cc3c(cc2c1)c1ccccc1n3-c1cc2c(c3ccccc13)c1ccccc1n2-c1ncc2ccccc2n1. The molecule has 0 aliphatic rings. The van der Waals surface area contributed by atoms with Crippen molar-refractivity contribution < 1.29 is 0 Å². The molecule has 0 amide bonds. The molecule has 0 unspecified atom stereocenters. The van der Waals surface area contributed by atoms with E-state index in [1.807, 2.05) is 18.3 Å². The molecule has 0 aliphatic heterocycles. The van der Waals surface area contributed by atoms with Gasteiger partial charge in [0.15, 0.2) is 0 Å².